The van der Waals surface area contributed by atoms with Crippen molar-refractivity contribution in [2.75, 3.05) is 12.4 Å². The summed E-state index contributed by atoms with van der Waals surface area (Å²) in [5, 5.41) is 7.13. The van der Waals surface area contributed by atoms with E-state index in [2.05, 4.69) is 20.4 Å². The second-order valence-corrected chi connectivity index (χ2v) is 4.03. The number of rotatable bonds is 4. The van der Waals surface area contributed by atoms with E-state index >= 15 is 0 Å². The summed E-state index contributed by atoms with van der Waals surface area (Å²) in [6.45, 7) is 5.81. The van der Waals surface area contributed by atoms with Crippen LogP contribution in [0, 0.1) is 13.8 Å². The molecule has 1 atom stereocenters. The Kier molecular flexibility index (Phi) is 3.45. The molecule has 18 heavy (non-hydrogen) atoms. The van der Waals surface area contributed by atoms with Gasteiger partial charge in [-0.25, -0.2) is 4.98 Å². The second-order valence-electron chi connectivity index (χ2n) is 4.03. The van der Waals surface area contributed by atoms with Gasteiger partial charge in [0.25, 0.3) is 0 Å². The molecule has 0 saturated heterocycles. The predicted molar refractivity (Wildman–Crippen MR) is 66.6 cm³/mol. The zero-order chi connectivity index (χ0) is 13.1. The Hall–Kier alpha value is -2.11. The van der Waals surface area contributed by atoms with Crippen LogP contribution in [0.4, 0.5) is 5.95 Å². The molecule has 0 aliphatic rings. The highest BCUT2D eigenvalue weighted by molar-refractivity contribution is 5.35. The molecule has 1 unspecified atom stereocenters. The molecule has 0 aromatic carbocycles. The van der Waals surface area contributed by atoms with Crippen molar-refractivity contribution in [3.8, 4) is 5.88 Å². The smallest absolute Gasteiger partial charge is 0.226 e. The van der Waals surface area contributed by atoms with Crippen LogP contribution in [0.1, 0.15) is 30.0 Å². The molecule has 1 N–H and O–H groups in total. The van der Waals surface area contributed by atoms with Crippen molar-refractivity contribution in [2.45, 2.75) is 26.8 Å². The molecule has 2 aromatic rings. The summed E-state index contributed by atoms with van der Waals surface area (Å²) < 4.78 is 10.2. The zero-order valence-corrected chi connectivity index (χ0v) is 10.9. The normalized spacial score (nSPS) is 12.2. The van der Waals surface area contributed by atoms with Crippen molar-refractivity contribution in [3.05, 3.63) is 29.3 Å². The first-order valence-electron chi connectivity index (χ1n) is 5.68. The zero-order valence-electron chi connectivity index (χ0n) is 10.9. The minimum atomic E-state index is 0.0170. The maximum absolute atomic E-state index is 5.14. The minimum Gasteiger partial charge on any atom is -0.481 e. The van der Waals surface area contributed by atoms with E-state index in [0.29, 0.717) is 11.8 Å². The maximum atomic E-state index is 5.14. The van der Waals surface area contributed by atoms with E-state index in [1.807, 2.05) is 20.8 Å². The molecular formula is C12H16N4O2. The Bertz CT molecular complexity index is 519. The van der Waals surface area contributed by atoms with Crippen LogP contribution < -0.4 is 10.1 Å². The fraction of sp³-hybridized carbons (Fsp3) is 0.417. The van der Waals surface area contributed by atoms with Gasteiger partial charge in [-0.15, -0.1) is 0 Å². The Balaban J connectivity index is 2.18. The quantitative estimate of drug-likeness (QED) is 0.894. The van der Waals surface area contributed by atoms with Crippen LogP contribution >= 0.6 is 0 Å². The van der Waals surface area contributed by atoms with Crippen molar-refractivity contribution >= 4 is 5.95 Å². The third-order valence-electron chi connectivity index (χ3n) is 2.71. The number of aryl methyl sites for hydroxylation is 2. The van der Waals surface area contributed by atoms with E-state index in [1.54, 1.807) is 19.4 Å². The monoisotopic (exact) mass is 248 g/mol. The van der Waals surface area contributed by atoms with Gasteiger partial charge in [0.1, 0.15) is 5.76 Å². The van der Waals surface area contributed by atoms with Gasteiger partial charge in [-0.2, -0.15) is 4.98 Å². The number of aromatic nitrogens is 3. The summed E-state index contributed by atoms with van der Waals surface area (Å²) in [6.07, 6.45) is 1.65. The summed E-state index contributed by atoms with van der Waals surface area (Å²) in [7, 11) is 1.57. The second kappa shape index (κ2) is 5.03. The van der Waals surface area contributed by atoms with Crippen molar-refractivity contribution in [3.63, 3.8) is 0 Å². The first-order chi connectivity index (χ1) is 8.61. The van der Waals surface area contributed by atoms with Crippen molar-refractivity contribution in [1.29, 1.82) is 0 Å². The van der Waals surface area contributed by atoms with Crippen LogP contribution in [0.2, 0.25) is 0 Å². The van der Waals surface area contributed by atoms with Gasteiger partial charge in [-0.3, -0.25) is 0 Å². The van der Waals surface area contributed by atoms with E-state index < -0.39 is 0 Å². The lowest BCUT2D eigenvalue weighted by Crippen LogP contribution is -2.11. The number of nitrogens with zero attached hydrogens (tertiary/aromatic N) is 3. The maximum Gasteiger partial charge on any atom is 0.226 e. The minimum absolute atomic E-state index is 0.0170. The molecule has 0 saturated carbocycles. The van der Waals surface area contributed by atoms with Gasteiger partial charge in [0, 0.05) is 17.8 Å². The molecule has 0 amide bonds. The topological polar surface area (TPSA) is 73.1 Å². The van der Waals surface area contributed by atoms with Crippen molar-refractivity contribution in [1.82, 2.24) is 15.1 Å². The number of hydrogen-bond donors (Lipinski definition) is 1. The van der Waals surface area contributed by atoms with Gasteiger partial charge < -0.3 is 14.6 Å². The van der Waals surface area contributed by atoms with Crippen LogP contribution in [0.15, 0.2) is 16.8 Å². The molecule has 2 aromatic heterocycles. The summed E-state index contributed by atoms with van der Waals surface area (Å²) in [5.41, 5.74) is 1.90. The number of nitrogens with one attached hydrogen (secondary N) is 1. The van der Waals surface area contributed by atoms with Crippen LogP contribution in [-0.2, 0) is 0 Å². The molecule has 2 rings (SSSR count). The summed E-state index contributed by atoms with van der Waals surface area (Å²) in [5.74, 6) is 1.84. The van der Waals surface area contributed by atoms with E-state index in [9.17, 15) is 0 Å². The lowest BCUT2D eigenvalue weighted by atomic mass is 10.1. The fourth-order valence-corrected chi connectivity index (χ4v) is 1.90. The average molecular weight is 248 g/mol. The first-order valence-corrected chi connectivity index (χ1v) is 5.68. The standard InChI is InChI=1S/C12H16N4O2/c1-7(11-8(2)16-18-9(11)3)14-12-13-6-5-10(15-12)17-4/h5-7H,1-4H3,(H,13,14,15). The van der Waals surface area contributed by atoms with Gasteiger partial charge >= 0.3 is 0 Å². The highest BCUT2D eigenvalue weighted by Gasteiger charge is 2.17. The lowest BCUT2D eigenvalue weighted by Gasteiger charge is -2.13. The van der Waals surface area contributed by atoms with Gasteiger partial charge in [0.05, 0.1) is 18.8 Å². The van der Waals surface area contributed by atoms with Crippen LogP contribution in [0.3, 0.4) is 0 Å². The van der Waals surface area contributed by atoms with Crippen molar-refractivity contribution in [2.24, 2.45) is 0 Å². The third-order valence-corrected chi connectivity index (χ3v) is 2.71. The molecule has 6 nitrogen and oxygen atoms in total. The Labute approximate surface area is 105 Å². The summed E-state index contributed by atoms with van der Waals surface area (Å²) in [6, 6.07) is 1.72. The Morgan fingerprint density at radius 2 is 2.17 bits per heavy atom. The van der Waals surface area contributed by atoms with Crippen LogP contribution in [0.25, 0.3) is 0 Å². The highest BCUT2D eigenvalue weighted by atomic mass is 16.5. The number of anilines is 1. The molecule has 2 heterocycles. The van der Waals surface area contributed by atoms with Gasteiger partial charge in [0.2, 0.25) is 11.8 Å². The molecule has 6 heteroatoms. The van der Waals surface area contributed by atoms with E-state index in [-0.39, 0.29) is 6.04 Å². The lowest BCUT2D eigenvalue weighted by molar-refractivity contribution is 0.391. The molecule has 0 spiro atoms. The summed E-state index contributed by atoms with van der Waals surface area (Å²) in [4.78, 5) is 8.35. The van der Waals surface area contributed by atoms with Gasteiger partial charge in [-0.05, 0) is 20.8 Å². The number of hydrogen-bond acceptors (Lipinski definition) is 6. The molecule has 0 fully saturated rings. The summed E-state index contributed by atoms with van der Waals surface area (Å²) >= 11 is 0. The molecule has 0 bridgehead atoms. The number of ether oxygens (including phenoxy) is 1. The molecule has 0 aliphatic heterocycles. The van der Waals surface area contributed by atoms with Gasteiger partial charge in [-0.1, -0.05) is 5.16 Å². The van der Waals surface area contributed by atoms with E-state index in [4.69, 9.17) is 9.26 Å². The van der Waals surface area contributed by atoms with E-state index in [0.717, 1.165) is 17.0 Å². The molecular weight excluding hydrogens is 232 g/mol. The molecule has 0 aliphatic carbocycles. The largest absolute Gasteiger partial charge is 0.481 e. The average Bonchev–Trinajstić information content (AvgIpc) is 2.69. The highest BCUT2D eigenvalue weighted by Crippen LogP contribution is 2.23. The van der Waals surface area contributed by atoms with Crippen LogP contribution in [0.5, 0.6) is 5.88 Å². The van der Waals surface area contributed by atoms with Gasteiger partial charge in [0.15, 0.2) is 0 Å². The third kappa shape index (κ3) is 2.42. The van der Waals surface area contributed by atoms with Crippen molar-refractivity contribution < 1.29 is 9.26 Å². The van der Waals surface area contributed by atoms with Crippen LogP contribution in [-0.4, -0.2) is 22.2 Å². The SMILES string of the molecule is COc1ccnc(NC(C)c2c(C)noc2C)n1. The Morgan fingerprint density at radius 3 is 2.78 bits per heavy atom. The molecule has 0 radical (unpaired) electrons. The first kappa shape index (κ1) is 12.3. The fourth-order valence-electron chi connectivity index (χ4n) is 1.90. The predicted octanol–water partition coefficient (Wildman–Crippen LogP) is 2.26. The number of methoxy groups -OCH3 is 1. The Morgan fingerprint density at radius 1 is 1.39 bits per heavy atom. The van der Waals surface area contributed by atoms with E-state index in [1.165, 1.54) is 0 Å². The molecule has 96 valence electrons.